The zero-order valence-electron chi connectivity index (χ0n) is 13.3. The van der Waals surface area contributed by atoms with Crippen LogP contribution in [0.25, 0.3) is 0 Å². The van der Waals surface area contributed by atoms with Gasteiger partial charge in [-0.3, -0.25) is 9.59 Å². The highest BCUT2D eigenvalue weighted by Gasteiger charge is 2.18. The van der Waals surface area contributed by atoms with Gasteiger partial charge in [0.15, 0.2) is 0 Å². The summed E-state index contributed by atoms with van der Waals surface area (Å²) in [6.07, 6.45) is 2.66. The lowest BCUT2D eigenvalue weighted by atomic mass is 10.1. The van der Waals surface area contributed by atoms with Crippen LogP contribution in [0.4, 0.5) is 5.69 Å². The van der Waals surface area contributed by atoms with Gasteiger partial charge < -0.3 is 16.0 Å². The Morgan fingerprint density at radius 2 is 2.25 bits per heavy atom. The average Bonchev–Trinajstić information content (AvgIpc) is 3.07. The Balaban J connectivity index is 1.66. The molecule has 1 aromatic heterocycles. The largest absolute Gasteiger partial charge is 0.338 e. The molecule has 3 rings (SSSR count). The summed E-state index contributed by atoms with van der Waals surface area (Å²) in [5.41, 5.74) is 7.59. The molecule has 6 nitrogen and oxygen atoms in total. The van der Waals surface area contributed by atoms with Crippen LogP contribution in [0.5, 0.6) is 0 Å². The van der Waals surface area contributed by atoms with Crippen LogP contribution in [-0.4, -0.2) is 28.2 Å². The second-order valence-corrected chi connectivity index (χ2v) is 6.70. The van der Waals surface area contributed by atoms with Crippen LogP contribution in [-0.2, 0) is 17.9 Å². The van der Waals surface area contributed by atoms with Crippen molar-refractivity contribution in [3.8, 4) is 0 Å². The molecule has 1 aliphatic heterocycles. The van der Waals surface area contributed by atoms with Crippen molar-refractivity contribution >= 4 is 28.8 Å². The van der Waals surface area contributed by atoms with Crippen LogP contribution in [0.1, 0.15) is 40.3 Å². The molecule has 0 atom stereocenters. The van der Waals surface area contributed by atoms with Gasteiger partial charge in [0.05, 0.1) is 0 Å². The fourth-order valence-corrected chi connectivity index (χ4v) is 3.36. The number of nitrogens with zero attached hydrogens (tertiary/aromatic N) is 2. The van der Waals surface area contributed by atoms with E-state index in [9.17, 15) is 9.59 Å². The van der Waals surface area contributed by atoms with Gasteiger partial charge in [-0.25, -0.2) is 4.98 Å². The van der Waals surface area contributed by atoms with Crippen molar-refractivity contribution in [1.82, 2.24) is 9.88 Å². The Bertz CT molecular complexity index is 744. The molecule has 126 valence electrons. The maximum absolute atomic E-state index is 12.2. The van der Waals surface area contributed by atoms with Gasteiger partial charge in [-0.1, -0.05) is 12.1 Å². The second kappa shape index (κ2) is 7.55. The molecule has 2 aromatic rings. The van der Waals surface area contributed by atoms with Crippen molar-refractivity contribution in [1.29, 1.82) is 0 Å². The van der Waals surface area contributed by atoms with Crippen LogP contribution in [0.3, 0.4) is 0 Å². The van der Waals surface area contributed by atoms with Crippen LogP contribution in [0, 0.1) is 0 Å². The van der Waals surface area contributed by atoms with Gasteiger partial charge in [0.25, 0.3) is 5.91 Å². The van der Waals surface area contributed by atoms with Crippen molar-refractivity contribution in [2.45, 2.75) is 32.4 Å². The number of nitrogens with two attached hydrogens (primary N) is 1. The molecule has 2 heterocycles. The van der Waals surface area contributed by atoms with E-state index in [4.69, 9.17) is 5.73 Å². The molecule has 0 spiro atoms. The highest BCUT2D eigenvalue weighted by atomic mass is 32.1. The van der Waals surface area contributed by atoms with Crippen molar-refractivity contribution in [2.75, 3.05) is 11.9 Å². The SMILES string of the molecule is NCc1nc(C(=O)Nc2cccc(CN3CCCCC3=O)c2)cs1. The summed E-state index contributed by atoms with van der Waals surface area (Å²) < 4.78 is 0. The first-order chi connectivity index (χ1) is 11.7. The van der Waals surface area contributed by atoms with Crippen molar-refractivity contribution in [3.63, 3.8) is 0 Å². The maximum atomic E-state index is 12.2. The number of benzene rings is 1. The molecule has 0 saturated carbocycles. The number of carbonyl (C=O) groups excluding carboxylic acids is 2. The van der Waals surface area contributed by atoms with E-state index < -0.39 is 0 Å². The third kappa shape index (κ3) is 3.98. The lowest BCUT2D eigenvalue weighted by Gasteiger charge is -2.26. The van der Waals surface area contributed by atoms with E-state index >= 15 is 0 Å². The molecule has 7 heteroatoms. The molecular formula is C17H20N4O2S. The predicted octanol–water partition coefficient (Wildman–Crippen LogP) is 2.37. The number of nitrogens with one attached hydrogen (secondary N) is 1. The number of amides is 2. The van der Waals surface area contributed by atoms with Crippen LogP contribution >= 0.6 is 11.3 Å². The van der Waals surface area contributed by atoms with Gasteiger partial charge in [-0.2, -0.15) is 0 Å². The molecular weight excluding hydrogens is 324 g/mol. The van der Waals surface area contributed by atoms with Gasteiger partial charge in [0, 0.05) is 37.1 Å². The Labute approximate surface area is 144 Å². The minimum Gasteiger partial charge on any atom is -0.338 e. The summed E-state index contributed by atoms with van der Waals surface area (Å²) in [4.78, 5) is 30.2. The minimum atomic E-state index is -0.253. The molecule has 3 N–H and O–H groups in total. The first kappa shape index (κ1) is 16.6. The van der Waals surface area contributed by atoms with E-state index in [1.165, 1.54) is 11.3 Å². The van der Waals surface area contributed by atoms with Gasteiger partial charge in [0.2, 0.25) is 5.91 Å². The molecule has 1 fully saturated rings. The topological polar surface area (TPSA) is 88.3 Å². The van der Waals surface area contributed by atoms with E-state index in [1.807, 2.05) is 29.2 Å². The van der Waals surface area contributed by atoms with Crippen molar-refractivity contribution in [3.05, 3.63) is 45.9 Å². The highest BCUT2D eigenvalue weighted by molar-refractivity contribution is 7.09. The monoisotopic (exact) mass is 344 g/mol. The Morgan fingerprint density at radius 1 is 1.38 bits per heavy atom. The number of piperidine rings is 1. The fraction of sp³-hybridized carbons (Fsp3) is 0.353. The molecule has 0 bridgehead atoms. The third-order valence-corrected chi connectivity index (χ3v) is 4.81. The lowest BCUT2D eigenvalue weighted by Crippen LogP contribution is -2.34. The maximum Gasteiger partial charge on any atom is 0.275 e. The highest BCUT2D eigenvalue weighted by Crippen LogP contribution is 2.18. The van der Waals surface area contributed by atoms with Crippen molar-refractivity contribution in [2.24, 2.45) is 5.73 Å². The molecule has 0 radical (unpaired) electrons. The average molecular weight is 344 g/mol. The molecule has 2 amide bonds. The number of carbonyl (C=O) groups is 2. The van der Waals surface area contributed by atoms with E-state index in [1.54, 1.807) is 5.38 Å². The fourth-order valence-electron chi connectivity index (χ4n) is 2.70. The number of likely N-dealkylation sites (tertiary alicyclic amines) is 1. The van der Waals surface area contributed by atoms with Crippen LogP contribution in [0.2, 0.25) is 0 Å². The molecule has 1 aliphatic rings. The van der Waals surface area contributed by atoms with E-state index in [0.717, 1.165) is 30.0 Å². The number of hydrogen-bond donors (Lipinski definition) is 2. The Morgan fingerprint density at radius 3 is 3.00 bits per heavy atom. The first-order valence-corrected chi connectivity index (χ1v) is 8.86. The van der Waals surface area contributed by atoms with E-state index in [2.05, 4.69) is 10.3 Å². The van der Waals surface area contributed by atoms with Crippen molar-refractivity contribution < 1.29 is 9.59 Å². The smallest absolute Gasteiger partial charge is 0.275 e. The number of thiazole rings is 1. The normalized spacial score (nSPS) is 14.7. The van der Waals surface area contributed by atoms with Crippen LogP contribution < -0.4 is 11.1 Å². The molecule has 0 aliphatic carbocycles. The summed E-state index contributed by atoms with van der Waals surface area (Å²) in [5, 5.41) is 5.28. The van der Waals surface area contributed by atoms with E-state index in [-0.39, 0.29) is 11.8 Å². The summed E-state index contributed by atoms with van der Waals surface area (Å²) in [6, 6.07) is 7.57. The van der Waals surface area contributed by atoms with Gasteiger partial charge in [-0.05, 0) is 30.5 Å². The van der Waals surface area contributed by atoms with Gasteiger partial charge >= 0.3 is 0 Å². The zero-order valence-corrected chi connectivity index (χ0v) is 14.1. The molecule has 0 unspecified atom stereocenters. The number of aromatic nitrogens is 1. The summed E-state index contributed by atoms with van der Waals surface area (Å²) in [5.74, 6) is -0.0513. The Hall–Kier alpha value is -2.25. The predicted molar refractivity (Wildman–Crippen MR) is 93.7 cm³/mol. The molecule has 1 aromatic carbocycles. The van der Waals surface area contributed by atoms with E-state index in [0.29, 0.717) is 30.9 Å². The Kier molecular flexibility index (Phi) is 5.22. The first-order valence-electron chi connectivity index (χ1n) is 7.98. The summed E-state index contributed by atoms with van der Waals surface area (Å²) >= 11 is 1.37. The standard InChI is InChI=1S/C17H20N4O2S/c18-9-15-20-14(11-24-15)17(23)19-13-5-3-4-12(8-13)10-21-7-2-1-6-16(21)22/h3-5,8,11H,1-2,6-7,9-10,18H2,(H,19,23). The number of rotatable bonds is 5. The number of hydrogen-bond acceptors (Lipinski definition) is 5. The minimum absolute atomic E-state index is 0.201. The van der Waals surface area contributed by atoms with Gasteiger partial charge in [0.1, 0.15) is 10.7 Å². The third-order valence-electron chi connectivity index (χ3n) is 3.94. The summed E-state index contributed by atoms with van der Waals surface area (Å²) in [7, 11) is 0. The van der Waals surface area contributed by atoms with Gasteiger partial charge in [-0.15, -0.1) is 11.3 Å². The van der Waals surface area contributed by atoms with Crippen LogP contribution in [0.15, 0.2) is 29.6 Å². The lowest BCUT2D eigenvalue weighted by molar-refractivity contribution is -0.133. The zero-order chi connectivity index (χ0) is 16.9. The summed E-state index contributed by atoms with van der Waals surface area (Å²) in [6.45, 7) is 1.71. The molecule has 1 saturated heterocycles. The number of anilines is 1. The molecule has 24 heavy (non-hydrogen) atoms. The quantitative estimate of drug-likeness (QED) is 0.871. The second-order valence-electron chi connectivity index (χ2n) is 5.76.